The first kappa shape index (κ1) is 26.9. The summed E-state index contributed by atoms with van der Waals surface area (Å²) in [5, 5.41) is 2.83. The third kappa shape index (κ3) is 7.57. The standard InChI is InChI=1S/C24H32BrN3O4S/c1-16(2)26-24(30)19(5)27(14-20-8-10-21(25)11-9-20)23(29)15-28(33(6,31)32)22-12-7-17(3)18(4)13-22/h7-13,16,19H,14-15H2,1-6H3,(H,26,30)/t19-/m0/s1. The second-order valence-corrected chi connectivity index (χ2v) is 11.3. The van der Waals surface area contributed by atoms with Gasteiger partial charge in [-0.25, -0.2) is 8.42 Å². The molecular weight excluding hydrogens is 506 g/mol. The van der Waals surface area contributed by atoms with Gasteiger partial charge < -0.3 is 10.2 Å². The van der Waals surface area contributed by atoms with Gasteiger partial charge in [0.15, 0.2) is 0 Å². The summed E-state index contributed by atoms with van der Waals surface area (Å²) in [6.07, 6.45) is 1.07. The fourth-order valence-corrected chi connectivity index (χ4v) is 4.37. The van der Waals surface area contributed by atoms with Crippen molar-refractivity contribution in [3.05, 3.63) is 63.6 Å². The molecule has 0 aliphatic rings. The first-order valence-corrected chi connectivity index (χ1v) is 13.3. The molecule has 2 amide bonds. The number of carbonyl (C=O) groups is 2. The molecule has 0 saturated heterocycles. The van der Waals surface area contributed by atoms with Crippen molar-refractivity contribution >= 4 is 43.5 Å². The fraction of sp³-hybridized carbons (Fsp3) is 0.417. The van der Waals surface area contributed by atoms with E-state index in [9.17, 15) is 18.0 Å². The maximum absolute atomic E-state index is 13.5. The van der Waals surface area contributed by atoms with Gasteiger partial charge in [-0.3, -0.25) is 13.9 Å². The highest BCUT2D eigenvalue weighted by Crippen LogP contribution is 2.22. The smallest absolute Gasteiger partial charge is 0.244 e. The van der Waals surface area contributed by atoms with Gasteiger partial charge in [-0.15, -0.1) is 0 Å². The molecule has 1 N–H and O–H groups in total. The molecule has 0 spiro atoms. The SMILES string of the molecule is Cc1ccc(N(CC(=O)N(Cc2ccc(Br)cc2)[C@@H](C)C(=O)NC(C)C)S(C)(=O)=O)cc1C. The zero-order valence-electron chi connectivity index (χ0n) is 19.9. The molecule has 9 heteroatoms. The zero-order chi connectivity index (χ0) is 24.9. The van der Waals surface area contributed by atoms with Gasteiger partial charge in [0.05, 0.1) is 11.9 Å². The number of aryl methyl sites for hydroxylation is 2. The van der Waals surface area contributed by atoms with Crippen LogP contribution in [0.25, 0.3) is 0 Å². The van der Waals surface area contributed by atoms with E-state index in [0.717, 1.165) is 31.7 Å². The summed E-state index contributed by atoms with van der Waals surface area (Å²) in [7, 11) is -3.74. The topological polar surface area (TPSA) is 86.8 Å². The minimum Gasteiger partial charge on any atom is -0.352 e. The van der Waals surface area contributed by atoms with E-state index in [1.54, 1.807) is 19.1 Å². The summed E-state index contributed by atoms with van der Waals surface area (Å²) in [5.41, 5.74) is 3.18. The molecule has 2 aromatic carbocycles. The highest BCUT2D eigenvalue weighted by molar-refractivity contribution is 9.10. The van der Waals surface area contributed by atoms with Crippen LogP contribution in [0.5, 0.6) is 0 Å². The van der Waals surface area contributed by atoms with E-state index in [1.165, 1.54) is 4.90 Å². The van der Waals surface area contributed by atoms with Crippen molar-refractivity contribution in [1.29, 1.82) is 0 Å². The van der Waals surface area contributed by atoms with Crippen LogP contribution in [0.3, 0.4) is 0 Å². The van der Waals surface area contributed by atoms with Gasteiger partial charge in [0.2, 0.25) is 21.8 Å². The van der Waals surface area contributed by atoms with Crippen LogP contribution in [0.1, 0.15) is 37.5 Å². The Morgan fingerprint density at radius 2 is 1.61 bits per heavy atom. The molecule has 7 nitrogen and oxygen atoms in total. The Morgan fingerprint density at radius 1 is 1.00 bits per heavy atom. The lowest BCUT2D eigenvalue weighted by atomic mass is 10.1. The van der Waals surface area contributed by atoms with Crippen LogP contribution in [0.4, 0.5) is 5.69 Å². The van der Waals surface area contributed by atoms with Crippen molar-refractivity contribution < 1.29 is 18.0 Å². The third-order valence-corrected chi connectivity index (χ3v) is 6.99. The molecule has 0 aliphatic heterocycles. The molecule has 0 heterocycles. The average Bonchev–Trinajstić information content (AvgIpc) is 2.71. The molecule has 2 aromatic rings. The maximum Gasteiger partial charge on any atom is 0.244 e. The predicted molar refractivity (Wildman–Crippen MR) is 136 cm³/mol. The summed E-state index contributed by atoms with van der Waals surface area (Å²) in [6.45, 7) is 8.92. The Kier molecular flexibility index (Phi) is 9.08. The second kappa shape index (κ2) is 11.2. The first-order chi connectivity index (χ1) is 15.3. The van der Waals surface area contributed by atoms with E-state index < -0.39 is 28.5 Å². The van der Waals surface area contributed by atoms with Gasteiger partial charge >= 0.3 is 0 Å². The predicted octanol–water partition coefficient (Wildman–Crippen LogP) is 3.77. The number of halogens is 1. The molecule has 0 saturated carbocycles. The number of rotatable bonds is 9. The normalized spacial score (nSPS) is 12.4. The molecule has 1 atom stereocenters. The van der Waals surface area contributed by atoms with Crippen molar-refractivity contribution in [1.82, 2.24) is 10.2 Å². The maximum atomic E-state index is 13.5. The summed E-state index contributed by atoms with van der Waals surface area (Å²) in [4.78, 5) is 27.6. The third-order valence-electron chi connectivity index (χ3n) is 5.32. The van der Waals surface area contributed by atoms with Crippen molar-refractivity contribution in [2.24, 2.45) is 0 Å². The van der Waals surface area contributed by atoms with Crippen molar-refractivity contribution in [2.45, 2.75) is 53.2 Å². The summed E-state index contributed by atoms with van der Waals surface area (Å²) < 4.78 is 27.2. The Balaban J connectivity index is 2.40. The quantitative estimate of drug-likeness (QED) is 0.527. The largest absolute Gasteiger partial charge is 0.352 e. The summed E-state index contributed by atoms with van der Waals surface area (Å²) >= 11 is 3.39. The number of hydrogen-bond donors (Lipinski definition) is 1. The zero-order valence-corrected chi connectivity index (χ0v) is 22.3. The minimum atomic E-state index is -3.74. The van der Waals surface area contributed by atoms with Gasteiger partial charge in [0.25, 0.3) is 0 Å². The first-order valence-electron chi connectivity index (χ1n) is 10.7. The molecule has 0 radical (unpaired) electrons. The molecule has 0 aliphatic carbocycles. The van der Waals surface area contributed by atoms with E-state index in [2.05, 4.69) is 21.2 Å². The van der Waals surface area contributed by atoms with Crippen molar-refractivity contribution in [3.8, 4) is 0 Å². The van der Waals surface area contributed by atoms with Gasteiger partial charge in [0.1, 0.15) is 12.6 Å². The Morgan fingerprint density at radius 3 is 2.12 bits per heavy atom. The second-order valence-electron chi connectivity index (χ2n) is 8.53. The lowest BCUT2D eigenvalue weighted by Gasteiger charge is -2.32. The number of hydrogen-bond acceptors (Lipinski definition) is 4. The molecule has 0 aromatic heterocycles. The van der Waals surface area contributed by atoms with Crippen LogP contribution >= 0.6 is 15.9 Å². The molecule has 0 unspecified atom stereocenters. The van der Waals surface area contributed by atoms with Crippen molar-refractivity contribution in [3.63, 3.8) is 0 Å². The molecule has 0 fully saturated rings. The minimum absolute atomic E-state index is 0.0902. The lowest BCUT2D eigenvalue weighted by Crippen LogP contribution is -2.52. The number of amides is 2. The van der Waals surface area contributed by atoms with E-state index in [0.29, 0.717) is 5.69 Å². The summed E-state index contributed by atoms with van der Waals surface area (Å²) in [6, 6.07) is 11.8. The van der Waals surface area contributed by atoms with Crippen LogP contribution in [0.2, 0.25) is 0 Å². The van der Waals surface area contributed by atoms with Crippen molar-refractivity contribution in [2.75, 3.05) is 17.1 Å². The van der Waals surface area contributed by atoms with Crippen LogP contribution in [0, 0.1) is 13.8 Å². The highest BCUT2D eigenvalue weighted by Gasteiger charge is 2.30. The fourth-order valence-electron chi connectivity index (χ4n) is 3.27. The monoisotopic (exact) mass is 537 g/mol. The average molecular weight is 539 g/mol. The Labute approximate surface area is 205 Å². The molecular formula is C24H32BrN3O4S. The number of nitrogens with one attached hydrogen (secondary N) is 1. The van der Waals surface area contributed by atoms with E-state index in [1.807, 2.05) is 58.0 Å². The number of benzene rings is 2. The van der Waals surface area contributed by atoms with Crippen LogP contribution < -0.4 is 9.62 Å². The number of sulfonamides is 1. The number of anilines is 1. The van der Waals surface area contributed by atoms with Gasteiger partial charge in [-0.05, 0) is 75.6 Å². The number of nitrogens with zero attached hydrogens (tertiary/aromatic N) is 2. The molecule has 180 valence electrons. The Hall–Kier alpha value is -2.39. The van der Waals surface area contributed by atoms with Gasteiger partial charge in [0, 0.05) is 17.1 Å². The van der Waals surface area contributed by atoms with Gasteiger partial charge in [-0.2, -0.15) is 0 Å². The van der Waals surface area contributed by atoms with Crippen LogP contribution in [-0.4, -0.2) is 50.0 Å². The van der Waals surface area contributed by atoms with E-state index in [-0.39, 0.29) is 18.5 Å². The lowest BCUT2D eigenvalue weighted by molar-refractivity contribution is -0.139. The molecule has 0 bridgehead atoms. The molecule has 2 rings (SSSR count). The number of carbonyl (C=O) groups excluding carboxylic acids is 2. The van der Waals surface area contributed by atoms with E-state index in [4.69, 9.17) is 0 Å². The highest BCUT2D eigenvalue weighted by atomic mass is 79.9. The van der Waals surface area contributed by atoms with Gasteiger partial charge in [-0.1, -0.05) is 34.1 Å². The van der Waals surface area contributed by atoms with Crippen LogP contribution in [0.15, 0.2) is 46.9 Å². The summed E-state index contributed by atoms with van der Waals surface area (Å²) in [5.74, 6) is -0.763. The van der Waals surface area contributed by atoms with Crippen LogP contribution in [-0.2, 0) is 26.2 Å². The van der Waals surface area contributed by atoms with E-state index >= 15 is 0 Å². The Bertz CT molecular complexity index is 1100. The molecule has 33 heavy (non-hydrogen) atoms.